The highest BCUT2D eigenvalue weighted by Crippen LogP contribution is 2.25. The molecule has 1 aromatic rings. The third kappa shape index (κ3) is 4.21. The lowest BCUT2D eigenvalue weighted by molar-refractivity contribution is 0.581. The maximum Gasteiger partial charge on any atom is 0.242 e. The molecule has 1 saturated carbocycles. The van der Waals surface area contributed by atoms with Crippen LogP contribution in [0.3, 0.4) is 0 Å². The third-order valence-corrected chi connectivity index (χ3v) is 4.75. The van der Waals surface area contributed by atoms with Crippen LogP contribution in [0.25, 0.3) is 0 Å². The molecular formula is C14H22N2O2S. The van der Waals surface area contributed by atoms with Gasteiger partial charge in [-0.3, -0.25) is 0 Å². The molecule has 4 nitrogen and oxygen atoms in total. The molecule has 0 spiro atoms. The molecule has 0 aromatic heterocycles. The summed E-state index contributed by atoms with van der Waals surface area (Å²) in [5.74, 6) is 0. The van der Waals surface area contributed by atoms with Crippen LogP contribution in [0.15, 0.2) is 29.2 Å². The van der Waals surface area contributed by atoms with E-state index in [1.807, 2.05) is 12.1 Å². The lowest BCUT2D eigenvalue weighted by Crippen LogP contribution is -2.26. The molecule has 1 aliphatic rings. The van der Waals surface area contributed by atoms with Crippen molar-refractivity contribution in [2.45, 2.75) is 50.0 Å². The third-order valence-electron chi connectivity index (χ3n) is 3.17. The average molecular weight is 282 g/mol. The lowest BCUT2D eigenvalue weighted by atomic mass is 10.2. The van der Waals surface area contributed by atoms with Gasteiger partial charge in [-0.25, -0.2) is 13.1 Å². The average Bonchev–Trinajstić information content (AvgIpc) is 3.18. The van der Waals surface area contributed by atoms with E-state index in [1.165, 1.54) is 0 Å². The largest absolute Gasteiger partial charge is 0.384 e. The molecule has 0 saturated heterocycles. The number of rotatable bonds is 8. The van der Waals surface area contributed by atoms with E-state index in [4.69, 9.17) is 0 Å². The van der Waals surface area contributed by atoms with Crippen molar-refractivity contribution in [1.29, 1.82) is 0 Å². The minimum atomic E-state index is -3.38. The van der Waals surface area contributed by atoms with E-state index in [2.05, 4.69) is 17.0 Å². The summed E-state index contributed by atoms with van der Waals surface area (Å²) in [6, 6.07) is 7.25. The number of nitrogens with one attached hydrogen (secondary N) is 2. The molecule has 19 heavy (non-hydrogen) atoms. The van der Waals surface area contributed by atoms with Crippen LogP contribution < -0.4 is 10.0 Å². The van der Waals surface area contributed by atoms with Crippen molar-refractivity contribution in [3.8, 4) is 0 Å². The molecule has 1 aromatic carbocycles. The van der Waals surface area contributed by atoms with Crippen molar-refractivity contribution in [2.24, 2.45) is 0 Å². The summed E-state index contributed by atoms with van der Waals surface area (Å²) in [5.41, 5.74) is 0.701. The minimum Gasteiger partial charge on any atom is -0.384 e. The number of para-hydroxylation sites is 1. The van der Waals surface area contributed by atoms with Gasteiger partial charge in [-0.2, -0.15) is 0 Å². The van der Waals surface area contributed by atoms with Gasteiger partial charge in [0, 0.05) is 12.6 Å². The molecule has 0 aliphatic heterocycles. The second-order valence-electron chi connectivity index (χ2n) is 5.03. The van der Waals surface area contributed by atoms with Crippen LogP contribution in [0.5, 0.6) is 0 Å². The van der Waals surface area contributed by atoms with Gasteiger partial charge in [0.1, 0.15) is 4.90 Å². The first-order valence-electron chi connectivity index (χ1n) is 6.98. The highest BCUT2D eigenvalue weighted by atomic mass is 32.2. The quantitative estimate of drug-likeness (QED) is 0.721. The van der Waals surface area contributed by atoms with Gasteiger partial charge in [0.05, 0.1) is 5.69 Å². The Labute approximate surface area is 115 Å². The Balaban J connectivity index is 2.06. The van der Waals surface area contributed by atoms with Crippen LogP contribution in [-0.2, 0) is 10.0 Å². The SMILES string of the molecule is CCCCCNc1ccccc1S(=O)(=O)NC1CC1. The topological polar surface area (TPSA) is 58.2 Å². The molecule has 0 unspecified atom stereocenters. The Morgan fingerprint density at radius 3 is 2.63 bits per heavy atom. The Morgan fingerprint density at radius 2 is 1.95 bits per heavy atom. The Kier molecular flexibility index (Phi) is 4.82. The number of unbranched alkanes of at least 4 members (excludes halogenated alkanes) is 2. The van der Waals surface area contributed by atoms with Crippen molar-refractivity contribution < 1.29 is 8.42 Å². The maximum atomic E-state index is 12.2. The number of benzene rings is 1. The van der Waals surface area contributed by atoms with Crippen LogP contribution in [0.1, 0.15) is 39.0 Å². The Bertz CT molecular complexity index is 510. The molecular weight excluding hydrogens is 260 g/mol. The first-order chi connectivity index (χ1) is 9.13. The van der Waals surface area contributed by atoms with E-state index >= 15 is 0 Å². The Hall–Kier alpha value is -1.07. The Morgan fingerprint density at radius 1 is 1.21 bits per heavy atom. The van der Waals surface area contributed by atoms with Gasteiger partial charge in [0.2, 0.25) is 10.0 Å². The number of hydrogen-bond acceptors (Lipinski definition) is 3. The van der Waals surface area contributed by atoms with Gasteiger partial charge in [0.25, 0.3) is 0 Å². The van der Waals surface area contributed by atoms with Gasteiger partial charge < -0.3 is 5.32 Å². The van der Waals surface area contributed by atoms with Crippen LogP contribution in [0.2, 0.25) is 0 Å². The zero-order valence-corrected chi connectivity index (χ0v) is 12.2. The summed E-state index contributed by atoms with van der Waals surface area (Å²) >= 11 is 0. The van der Waals surface area contributed by atoms with Crippen molar-refractivity contribution in [3.05, 3.63) is 24.3 Å². The van der Waals surface area contributed by atoms with Crippen molar-refractivity contribution in [1.82, 2.24) is 4.72 Å². The molecule has 0 heterocycles. The van der Waals surface area contributed by atoms with E-state index in [0.717, 1.165) is 38.6 Å². The molecule has 0 amide bonds. The smallest absolute Gasteiger partial charge is 0.242 e. The van der Waals surface area contributed by atoms with Crippen molar-refractivity contribution in [3.63, 3.8) is 0 Å². The van der Waals surface area contributed by atoms with Gasteiger partial charge in [0.15, 0.2) is 0 Å². The zero-order valence-electron chi connectivity index (χ0n) is 11.4. The van der Waals surface area contributed by atoms with Crippen molar-refractivity contribution in [2.75, 3.05) is 11.9 Å². The molecule has 5 heteroatoms. The van der Waals surface area contributed by atoms with E-state index in [9.17, 15) is 8.42 Å². The van der Waals surface area contributed by atoms with Crippen LogP contribution in [0.4, 0.5) is 5.69 Å². The summed E-state index contributed by atoms with van der Waals surface area (Å²) < 4.78 is 27.2. The number of anilines is 1. The second-order valence-corrected chi connectivity index (χ2v) is 6.71. The first kappa shape index (κ1) is 14.3. The van der Waals surface area contributed by atoms with Gasteiger partial charge in [-0.15, -0.1) is 0 Å². The van der Waals surface area contributed by atoms with E-state index < -0.39 is 10.0 Å². The highest BCUT2D eigenvalue weighted by Gasteiger charge is 2.29. The fraction of sp³-hybridized carbons (Fsp3) is 0.571. The fourth-order valence-electron chi connectivity index (χ4n) is 1.93. The predicted octanol–water partition coefficient (Wildman–Crippen LogP) is 2.73. The summed E-state index contributed by atoms with van der Waals surface area (Å²) in [7, 11) is -3.38. The summed E-state index contributed by atoms with van der Waals surface area (Å²) in [6.07, 6.45) is 5.27. The molecule has 2 N–H and O–H groups in total. The highest BCUT2D eigenvalue weighted by molar-refractivity contribution is 7.89. The number of sulfonamides is 1. The van der Waals surface area contributed by atoms with E-state index in [-0.39, 0.29) is 6.04 Å². The molecule has 1 fully saturated rings. The van der Waals surface area contributed by atoms with Crippen LogP contribution in [-0.4, -0.2) is 21.0 Å². The molecule has 0 radical (unpaired) electrons. The zero-order chi connectivity index (χ0) is 13.7. The normalized spacial score (nSPS) is 15.4. The molecule has 106 valence electrons. The summed E-state index contributed by atoms with van der Waals surface area (Å²) in [6.45, 7) is 2.96. The van der Waals surface area contributed by atoms with Crippen LogP contribution >= 0.6 is 0 Å². The predicted molar refractivity (Wildman–Crippen MR) is 77.8 cm³/mol. The molecule has 0 bridgehead atoms. The van der Waals surface area contributed by atoms with Gasteiger partial charge >= 0.3 is 0 Å². The second kappa shape index (κ2) is 6.39. The molecule has 0 atom stereocenters. The molecule has 1 aliphatic carbocycles. The monoisotopic (exact) mass is 282 g/mol. The van der Waals surface area contributed by atoms with Gasteiger partial charge in [-0.1, -0.05) is 31.9 Å². The van der Waals surface area contributed by atoms with E-state index in [0.29, 0.717) is 10.6 Å². The van der Waals surface area contributed by atoms with Crippen LogP contribution in [0, 0.1) is 0 Å². The maximum absolute atomic E-state index is 12.2. The number of hydrogen-bond donors (Lipinski definition) is 2. The van der Waals surface area contributed by atoms with Crippen molar-refractivity contribution >= 4 is 15.7 Å². The fourth-order valence-corrected chi connectivity index (χ4v) is 3.42. The van der Waals surface area contributed by atoms with Gasteiger partial charge in [-0.05, 0) is 31.4 Å². The lowest BCUT2D eigenvalue weighted by Gasteiger charge is -2.12. The summed E-state index contributed by atoms with van der Waals surface area (Å²) in [5, 5.41) is 3.23. The minimum absolute atomic E-state index is 0.137. The first-order valence-corrected chi connectivity index (χ1v) is 8.47. The van der Waals surface area contributed by atoms with E-state index in [1.54, 1.807) is 12.1 Å². The standard InChI is InChI=1S/C14H22N2O2S/c1-2-3-6-11-15-13-7-4-5-8-14(13)19(17,18)16-12-9-10-12/h4-5,7-8,12,15-16H,2-3,6,9-11H2,1H3. The summed E-state index contributed by atoms with van der Waals surface area (Å²) in [4.78, 5) is 0.360. The molecule has 2 rings (SSSR count).